The second-order valence-electron chi connectivity index (χ2n) is 6.60. The zero-order valence-corrected chi connectivity index (χ0v) is 17.3. The molecular weight excluding hydrogens is 407 g/mol. The lowest BCUT2D eigenvalue weighted by Gasteiger charge is -2.14. The summed E-state index contributed by atoms with van der Waals surface area (Å²) >= 11 is 0. The molecule has 0 fully saturated rings. The molecule has 0 radical (unpaired) electrons. The first-order valence-corrected chi connectivity index (χ1v) is 10.6. The molecule has 0 aliphatic heterocycles. The molecule has 0 saturated carbocycles. The summed E-state index contributed by atoms with van der Waals surface area (Å²) in [6, 6.07) is 16.9. The molecule has 156 valence electrons. The number of benzene rings is 3. The Morgan fingerprint density at radius 1 is 1.03 bits per heavy atom. The predicted octanol–water partition coefficient (Wildman–Crippen LogP) is 3.87. The monoisotopic (exact) mass is 428 g/mol. The smallest absolute Gasteiger partial charge is 0.262 e. The number of hydrogen-bond donors (Lipinski definition) is 2. The summed E-state index contributed by atoms with van der Waals surface area (Å²) in [7, 11) is -2.52. The van der Waals surface area contributed by atoms with Gasteiger partial charge in [-0.25, -0.2) is 12.8 Å². The minimum Gasteiger partial charge on any atom is -0.495 e. The Bertz CT molecular complexity index is 1180. The van der Waals surface area contributed by atoms with Gasteiger partial charge in [0, 0.05) is 12.1 Å². The molecule has 0 aliphatic rings. The quantitative estimate of drug-likeness (QED) is 0.598. The third kappa shape index (κ3) is 4.96. The van der Waals surface area contributed by atoms with Crippen LogP contribution in [-0.4, -0.2) is 21.4 Å². The lowest BCUT2D eigenvalue weighted by atomic mass is 10.1. The molecule has 2 N–H and O–H groups in total. The van der Waals surface area contributed by atoms with Crippen LogP contribution in [0, 0.1) is 12.7 Å². The van der Waals surface area contributed by atoms with Crippen molar-refractivity contribution >= 4 is 21.6 Å². The van der Waals surface area contributed by atoms with Crippen molar-refractivity contribution in [3.8, 4) is 5.75 Å². The maximum atomic E-state index is 13.3. The fourth-order valence-corrected chi connectivity index (χ4v) is 4.23. The maximum Gasteiger partial charge on any atom is 0.262 e. The summed E-state index contributed by atoms with van der Waals surface area (Å²) in [5.74, 6) is -0.483. The molecule has 1 amide bonds. The van der Waals surface area contributed by atoms with Gasteiger partial charge in [0.05, 0.1) is 17.7 Å². The first-order valence-electron chi connectivity index (χ1n) is 9.09. The number of para-hydroxylation sites is 2. The number of methoxy groups -OCH3 is 1. The molecule has 8 heteroatoms. The fraction of sp³-hybridized carbons (Fsp3) is 0.136. The second kappa shape index (κ2) is 8.96. The summed E-state index contributed by atoms with van der Waals surface area (Å²) in [5, 5.41) is 2.67. The number of carbonyl (C=O) groups is 1. The van der Waals surface area contributed by atoms with Crippen molar-refractivity contribution in [2.45, 2.75) is 18.4 Å². The Morgan fingerprint density at radius 3 is 2.53 bits per heavy atom. The van der Waals surface area contributed by atoms with E-state index in [4.69, 9.17) is 4.74 Å². The standard InChI is InChI=1S/C22H21FN2O4S/c1-15-10-11-17(22(26)24-14-16-6-5-7-18(23)12-16)13-21(15)30(27,28)25-19-8-3-4-9-20(19)29-2/h3-13,25H,14H2,1-2H3,(H,24,26). The SMILES string of the molecule is COc1ccccc1NS(=O)(=O)c1cc(C(=O)NCc2cccc(F)c2)ccc1C. The minimum atomic E-state index is -3.96. The highest BCUT2D eigenvalue weighted by Gasteiger charge is 2.20. The summed E-state index contributed by atoms with van der Waals surface area (Å²) in [6.07, 6.45) is 0. The topological polar surface area (TPSA) is 84.5 Å². The molecule has 0 aliphatic carbocycles. The van der Waals surface area contributed by atoms with Crippen molar-refractivity contribution < 1.29 is 22.3 Å². The van der Waals surface area contributed by atoms with Crippen LogP contribution in [0.15, 0.2) is 71.6 Å². The lowest BCUT2D eigenvalue weighted by Crippen LogP contribution is -2.23. The van der Waals surface area contributed by atoms with Crippen molar-refractivity contribution in [3.05, 3.63) is 89.2 Å². The molecular formula is C22H21FN2O4S. The molecule has 30 heavy (non-hydrogen) atoms. The Balaban J connectivity index is 1.82. The molecule has 0 bridgehead atoms. The van der Waals surface area contributed by atoms with E-state index in [9.17, 15) is 17.6 Å². The molecule has 0 heterocycles. The number of aryl methyl sites for hydroxylation is 1. The van der Waals surface area contributed by atoms with Crippen LogP contribution >= 0.6 is 0 Å². The lowest BCUT2D eigenvalue weighted by molar-refractivity contribution is 0.0950. The summed E-state index contributed by atoms with van der Waals surface area (Å²) in [5.41, 5.74) is 1.55. The number of anilines is 1. The predicted molar refractivity (Wildman–Crippen MR) is 113 cm³/mol. The number of ether oxygens (including phenoxy) is 1. The van der Waals surface area contributed by atoms with E-state index in [0.717, 1.165) is 0 Å². The van der Waals surface area contributed by atoms with Crippen molar-refractivity contribution in [3.63, 3.8) is 0 Å². The molecule has 0 aromatic heterocycles. The Morgan fingerprint density at radius 2 is 1.80 bits per heavy atom. The van der Waals surface area contributed by atoms with Crippen LogP contribution in [0.2, 0.25) is 0 Å². The molecule has 0 spiro atoms. The van der Waals surface area contributed by atoms with Gasteiger partial charge in [-0.15, -0.1) is 0 Å². The Labute approximate surface area is 174 Å². The van der Waals surface area contributed by atoms with Gasteiger partial charge < -0.3 is 10.1 Å². The number of sulfonamides is 1. The highest BCUT2D eigenvalue weighted by molar-refractivity contribution is 7.92. The molecule has 3 aromatic carbocycles. The molecule has 0 saturated heterocycles. The largest absolute Gasteiger partial charge is 0.495 e. The van der Waals surface area contributed by atoms with Crippen molar-refractivity contribution in [1.82, 2.24) is 5.32 Å². The van der Waals surface area contributed by atoms with Gasteiger partial charge in [-0.2, -0.15) is 0 Å². The highest BCUT2D eigenvalue weighted by atomic mass is 32.2. The van der Waals surface area contributed by atoms with E-state index in [1.165, 1.54) is 25.3 Å². The van der Waals surface area contributed by atoms with Gasteiger partial charge in [-0.05, 0) is 54.4 Å². The third-order valence-corrected chi connectivity index (χ3v) is 5.94. The average Bonchev–Trinajstić information content (AvgIpc) is 2.72. The van der Waals surface area contributed by atoms with Gasteiger partial charge in [0.1, 0.15) is 11.6 Å². The number of rotatable bonds is 7. The van der Waals surface area contributed by atoms with E-state index < -0.39 is 21.7 Å². The van der Waals surface area contributed by atoms with E-state index >= 15 is 0 Å². The van der Waals surface area contributed by atoms with Crippen LogP contribution in [0.5, 0.6) is 5.75 Å². The van der Waals surface area contributed by atoms with Gasteiger partial charge in [0.15, 0.2) is 0 Å². The van der Waals surface area contributed by atoms with Gasteiger partial charge >= 0.3 is 0 Å². The number of amides is 1. The van der Waals surface area contributed by atoms with Crippen LogP contribution < -0.4 is 14.8 Å². The Hall–Kier alpha value is -3.39. The zero-order chi connectivity index (χ0) is 21.7. The second-order valence-corrected chi connectivity index (χ2v) is 8.25. The van der Waals surface area contributed by atoms with Crippen LogP contribution in [0.25, 0.3) is 0 Å². The van der Waals surface area contributed by atoms with E-state index in [1.54, 1.807) is 55.5 Å². The highest BCUT2D eigenvalue weighted by Crippen LogP contribution is 2.27. The van der Waals surface area contributed by atoms with E-state index in [0.29, 0.717) is 22.6 Å². The zero-order valence-electron chi connectivity index (χ0n) is 16.5. The maximum absolute atomic E-state index is 13.3. The van der Waals surface area contributed by atoms with E-state index in [2.05, 4.69) is 10.0 Å². The third-order valence-electron chi connectivity index (χ3n) is 4.43. The molecule has 6 nitrogen and oxygen atoms in total. The van der Waals surface area contributed by atoms with Crippen LogP contribution in [-0.2, 0) is 16.6 Å². The van der Waals surface area contributed by atoms with Crippen molar-refractivity contribution in [1.29, 1.82) is 0 Å². The van der Waals surface area contributed by atoms with Gasteiger partial charge in [0.25, 0.3) is 15.9 Å². The molecule has 0 unspecified atom stereocenters. The molecule has 3 rings (SSSR count). The molecule has 3 aromatic rings. The van der Waals surface area contributed by atoms with Crippen LogP contribution in [0.1, 0.15) is 21.5 Å². The number of halogens is 1. The average molecular weight is 428 g/mol. The minimum absolute atomic E-state index is 0.0215. The van der Waals surface area contributed by atoms with E-state index in [-0.39, 0.29) is 17.0 Å². The van der Waals surface area contributed by atoms with Crippen molar-refractivity contribution in [2.75, 3.05) is 11.8 Å². The molecule has 0 atom stereocenters. The summed E-state index contributed by atoms with van der Waals surface area (Å²) < 4.78 is 46.8. The first kappa shape index (κ1) is 21.3. The number of hydrogen-bond acceptors (Lipinski definition) is 4. The van der Waals surface area contributed by atoms with Gasteiger partial charge in [-0.3, -0.25) is 9.52 Å². The van der Waals surface area contributed by atoms with Crippen molar-refractivity contribution in [2.24, 2.45) is 0 Å². The van der Waals surface area contributed by atoms with Crippen LogP contribution in [0.3, 0.4) is 0 Å². The first-order chi connectivity index (χ1) is 14.3. The van der Waals surface area contributed by atoms with E-state index in [1.807, 2.05) is 0 Å². The fourth-order valence-electron chi connectivity index (χ4n) is 2.89. The van der Waals surface area contributed by atoms with Gasteiger partial charge in [0.2, 0.25) is 0 Å². The van der Waals surface area contributed by atoms with Gasteiger partial charge in [-0.1, -0.05) is 30.3 Å². The van der Waals surface area contributed by atoms with Crippen LogP contribution in [0.4, 0.5) is 10.1 Å². The summed E-state index contributed by atoms with van der Waals surface area (Å²) in [4.78, 5) is 12.5. The number of nitrogens with one attached hydrogen (secondary N) is 2. The Kier molecular flexibility index (Phi) is 6.37. The normalized spacial score (nSPS) is 11.0. The summed E-state index contributed by atoms with van der Waals surface area (Å²) in [6.45, 7) is 1.76. The number of carbonyl (C=O) groups excluding carboxylic acids is 1.